The van der Waals surface area contributed by atoms with Crippen molar-refractivity contribution < 1.29 is 17.9 Å². The quantitative estimate of drug-likeness (QED) is 0.704. The van der Waals surface area contributed by atoms with Crippen LogP contribution in [-0.4, -0.2) is 38.8 Å². The molecule has 2 aromatic rings. The number of hydrogen-bond donors (Lipinski definition) is 1. The zero-order valence-electron chi connectivity index (χ0n) is 19.9. The van der Waals surface area contributed by atoms with Gasteiger partial charge < -0.3 is 10.1 Å². The third-order valence-corrected chi connectivity index (χ3v) is 8.33. The first kappa shape index (κ1) is 24.3. The largest absolute Gasteiger partial charge is 0.496 e. The summed E-state index contributed by atoms with van der Waals surface area (Å²) in [6.07, 6.45) is 1.33. The van der Waals surface area contributed by atoms with E-state index in [2.05, 4.69) is 38.2 Å². The van der Waals surface area contributed by atoms with Crippen molar-refractivity contribution in [3.05, 3.63) is 58.1 Å². The van der Waals surface area contributed by atoms with Crippen molar-refractivity contribution >= 4 is 15.9 Å². The van der Waals surface area contributed by atoms with E-state index < -0.39 is 10.0 Å². The molecule has 7 heteroatoms. The molecule has 0 bridgehead atoms. The van der Waals surface area contributed by atoms with Gasteiger partial charge in [0, 0.05) is 13.1 Å². The lowest BCUT2D eigenvalue weighted by Crippen LogP contribution is -2.45. The molecule has 1 heterocycles. The monoisotopic (exact) mass is 458 g/mol. The summed E-state index contributed by atoms with van der Waals surface area (Å²) in [7, 11) is -2.12. The lowest BCUT2D eigenvalue weighted by molar-refractivity contribution is -0.126. The first-order valence-corrected chi connectivity index (χ1v) is 12.5. The highest BCUT2D eigenvalue weighted by Gasteiger charge is 2.34. The van der Waals surface area contributed by atoms with Crippen LogP contribution in [0.2, 0.25) is 0 Å². The number of carbonyl (C=O) groups is 1. The molecular weight excluding hydrogens is 424 g/mol. The zero-order chi connectivity index (χ0) is 23.6. The van der Waals surface area contributed by atoms with E-state index in [1.165, 1.54) is 15.4 Å². The van der Waals surface area contributed by atoms with E-state index in [-0.39, 0.29) is 29.3 Å². The summed E-state index contributed by atoms with van der Waals surface area (Å²) in [6.45, 7) is 10.6. The maximum atomic E-state index is 13.2. The van der Waals surface area contributed by atoms with Crippen LogP contribution in [0.5, 0.6) is 5.75 Å². The van der Waals surface area contributed by atoms with Crippen LogP contribution < -0.4 is 10.1 Å². The van der Waals surface area contributed by atoms with Crippen molar-refractivity contribution in [2.24, 2.45) is 5.92 Å². The maximum Gasteiger partial charge on any atom is 0.243 e. The van der Waals surface area contributed by atoms with Crippen LogP contribution >= 0.6 is 0 Å². The Balaban J connectivity index is 1.73. The fourth-order valence-electron chi connectivity index (χ4n) is 4.39. The molecule has 2 atom stereocenters. The number of sulfonamides is 1. The van der Waals surface area contributed by atoms with Crippen molar-refractivity contribution in [2.45, 2.75) is 58.4 Å². The van der Waals surface area contributed by atoms with Crippen LogP contribution in [0.15, 0.2) is 35.2 Å². The fraction of sp³-hybridized carbons (Fsp3) is 0.480. The number of amides is 1. The van der Waals surface area contributed by atoms with Crippen LogP contribution in [0.1, 0.15) is 53.6 Å². The first-order valence-electron chi connectivity index (χ1n) is 11.1. The molecule has 3 rings (SSSR count). The van der Waals surface area contributed by atoms with Crippen LogP contribution in [0, 0.1) is 33.6 Å². The summed E-state index contributed by atoms with van der Waals surface area (Å²) in [5.74, 6) is 0.184. The molecular formula is C25H34N2O4S. The Morgan fingerprint density at radius 2 is 1.75 bits per heavy atom. The summed E-state index contributed by atoms with van der Waals surface area (Å²) >= 11 is 0. The average molecular weight is 459 g/mol. The predicted molar refractivity (Wildman–Crippen MR) is 126 cm³/mol. The Bertz CT molecular complexity index is 1110. The smallest absolute Gasteiger partial charge is 0.243 e. The topological polar surface area (TPSA) is 75.7 Å². The summed E-state index contributed by atoms with van der Waals surface area (Å²) in [6, 6.07) is 8.98. The third-order valence-electron chi connectivity index (χ3n) is 6.47. The molecule has 0 unspecified atom stereocenters. The molecule has 0 aromatic heterocycles. The lowest BCUT2D eigenvalue weighted by atomic mass is 9.95. The van der Waals surface area contributed by atoms with E-state index >= 15 is 0 Å². The van der Waals surface area contributed by atoms with Crippen LogP contribution in [0.4, 0.5) is 0 Å². The molecule has 2 aromatic carbocycles. The number of nitrogens with zero attached hydrogens (tertiary/aromatic N) is 1. The lowest BCUT2D eigenvalue weighted by Gasteiger charge is -2.32. The highest BCUT2D eigenvalue weighted by molar-refractivity contribution is 7.89. The molecule has 0 aliphatic carbocycles. The van der Waals surface area contributed by atoms with E-state index in [1.807, 2.05) is 13.8 Å². The van der Waals surface area contributed by atoms with Gasteiger partial charge in [-0.1, -0.05) is 12.1 Å². The Kier molecular flexibility index (Phi) is 7.30. The number of benzene rings is 2. The number of rotatable bonds is 6. The molecule has 0 saturated carbocycles. The molecule has 1 aliphatic heterocycles. The number of methoxy groups -OCH3 is 1. The fourth-order valence-corrected chi connectivity index (χ4v) is 6.00. The molecule has 1 saturated heterocycles. The van der Waals surface area contributed by atoms with Crippen LogP contribution in [-0.2, 0) is 14.8 Å². The van der Waals surface area contributed by atoms with E-state index in [9.17, 15) is 13.2 Å². The highest BCUT2D eigenvalue weighted by Crippen LogP contribution is 2.28. The van der Waals surface area contributed by atoms with Gasteiger partial charge in [0.05, 0.1) is 24.0 Å². The van der Waals surface area contributed by atoms with Crippen molar-refractivity contribution in [3.8, 4) is 5.75 Å². The molecule has 1 aliphatic rings. The van der Waals surface area contributed by atoms with Gasteiger partial charge in [0.2, 0.25) is 15.9 Å². The molecule has 0 spiro atoms. The molecule has 174 valence electrons. The molecule has 32 heavy (non-hydrogen) atoms. The third kappa shape index (κ3) is 4.99. The summed E-state index contributed by atoms with van der Waals surface area (Å²) < 4.78 is 33.1. The number of nitrogens with one attached hydrogen (secondary N) is 1. The Labute approximate surface area is 192 Å². The summed E-state index contributed by atoms with van der Waals surface area (Å²) in [5, 5.41) is 3.11. The maximum absolute atomic E-state index is 13.2. The molecule has 6 nitrogen and oxygen atoms in total. The second-order valence-electron chi connectivity index (χ2n) is 8.86. The Hall–Kier alpha value is -2.38. The van der Waals surface area contributed by atoms with Gasteiger partial charge in [-0.25, -0.2) is 8.42 Å². The van der Waals surface area contributed by atoms with E-state index in [1.54, 1.807) is 25.3 Å². The number of hydrogen-bond acceptors (Lipinski definition) is 4. The molecule has 1 N–H and O–H groups in total. The minimum Gasteiger partial charge on any atom is -0.496 e. The average Bonchev–Trinajstić information content (AvgIpc) is 2.76. The van der Waals surface area contributed by atoms with E-state index in [0.717, 1.165) is 16.7 Å². The zero-order valence-corrected chi connectivity index (χ0v) is 20.7. The van der Waals surface area contributed by atoms with Gasteiger partial charge in [-0.3, -0.25) is 4.79 Å². The van der Waals surface area contributed by atoms with Gasteiger partial charge in [0.1, 0.15) is 5.75 Å². The van der Waals surface area contributed by atoms with Crippen molar-refractivity contribution in [2.75, 3.05) is 20.2 Å². The Morgan fingerprint density at radius 3 is 2.41 bits per heavy atom. The van der Waals surface area contributed by atoms with Gasteiger partial charge in [0.25, 0.3) is 0 Å². The van der Waals surface area contributed by atoms with Crippen LogP contribution in [0.3, 0.4) is 0 Å². The van der Waals surface area contributed by atoms with E-state index in [0.29, 0.717) is 25.1 Å². The van der Waals surface area contributed by atoms with Gasteiger partial charge in [-0.05, 0) is 93.5 Å². The van der Waals surface area contributed by atoms with Crippen molar-refractivity contribution in [3.63, 3.8) is 0 Å². The van der Waals surface area contributed by atoms with Crippen molar-refractivity contribution in [1.29, 1.82) is 0 Å². The van der Waals surface area contributed by atoms with Crippen molar-refractivity contribution in [1.82, 2.24) is 9.62 Å². The highest BCUT2D eigenvalue weighted by atomic mass is 32.2. The standard InChI is InChI=1S/C25H34N2O4S/c1-16-12-18(3)23(14-17(16)2)20(5)26-25(28)21-8-7-11-27(15-21)32(29,30)22-9-10-24(31-6)19(4)13-22/h9-10,12-14,20-21H,7-8,11,15H2,1-6H3,(H,26,28)/t20-,21-/m0/s1. The van der Waals surface area contributed by atoms with Gasteiger partial charge in [0.15, 0.2) is 0 Å². The number of carbonyl (C=O) groups excluding carboxylic acids is 1. The predicted octanol–water partition coefficient (Wildman–Crippen LogP) is 4.21. The van der Waals surface area contributed by atoms with Gasteiger partial charge in [-0.15, -0.1) is 0 Å². The molecule has 0 radical (unpaired) electrons. The van der Waals surface area contributed by atoms with Crippen LogP contribution in [0.25, 0.3) is 0 Å². The summed E-state index contributed by atoms with van der Waals surface area (Å²) in [5.41, 5.74) is 5.42. The SMILES string of the molecule is COc1ccc(S(=O)(=O)N2CCC[C@H](C(=O)N[C@@H](C)c3cc(C)c(C)cc3C)C2)cc1C. The Morgan fingerprint density at radius 1 is 1.06 bits per heavy atom. The number of aryl methyl sites for hydroxylation is 4. The van der Waals surface area contributed by atoms with Gasteiger partial charge in [-0.2, -0.15) is 4.31 Å². The molecule has 1 fully saturated rings. The first-order chi connectivity index (χ1) is 15.0. The number of piperidine rings is 1. The van der Waals surface area contributed by atoms with E-state index in [4.69, 9.17) is 4.74 Å². The minimum absolute atomic E-state index is 0.0964. The molecule has 1 amide bonds. The normalized spacial score (nSPS) is 18.2. The second-order valence-corrected chi connectivity index (χ2v) is 10.8. The number of ether oxygens (including phenoxy) is 1. The van der Waals surface area contributed by atoms with Gasteiger partial charge >= 0.3 is 0 Å². The minimum atomic E-state index is -3.68. The summed E-state index contributed by atoms with van der Waals surface area (Å²) in [4.78, 5) is 13.3. The second kappa shape index (κ2) is 9.63.